The van der Waals surface area contributed by atoms with E-state index in [0.717, 1.165) is 25.2 Å². The summed E-state index contributed by atoms with van der Waals surface area (Å²) in [6, 6.07) is 6.05. The van der Waals surface area contributed by atoms with Crippen molar-refractivity contribution in [2.45, 2.75) is 45.7 Å². The van der Waals surface area contributed by atoms with Crippen LogP contribution in [0.4, 0.5) is 0 Å². The van der Waals surface area contributed by atoms with E-state index >= 15 is 0 Å². The number of carbonyl (C=O) groups is 1. The number of benzene rings is 1. The molecule has 0 atom stereocenters. The molecule has 0 saturated heterocycles. The Balaban J connectivity index is 1.64. The number of hydrogen-bond donors (Lipinski definition) is 2. The Labute approximate surface area is 114 Å². The summed E-state index contributed by atoms with van der Waals surface area (Å²) in [6.45, 7) is 4.87. The molecular formula is C16H22N2O. The van der Waals surface area contributed by atoms with Crippen LogP contribution in [0.2, 0.25) is 0 Å². The number of nitrogens with one attached hydrogen (secondary N) is 2. The predicted molar refractivity (Wildman–Crippen MR) is 75.9 cm³/mol. The number of fused-ring (bicyclic) bond motifs is 1. The summed E-state index contributed by atoms with van der Waals surface area (Å²) in [5, 5.41) is 6.43. The number of amides is 1. The first-order valence-corrected chi connectivity index (χ1v) is 7.33. The number of carbonyl (C=O) groups excluding carboxylic acids is 1. The van der Waals surface area contributed by atoms with E-state index in [9.17, 15) is 4.79 Å². The Kier molecular flexibility index (Phi) is 3.31. The SMILES string of the molecule is CCC1(CNC(=O)c2ccc3c(c2)CNC3)CCC1. The van der Waals surface area contributed by atoms with Gasteiger partial charge in [0, 0.05) is 25.2 Å². The minimum Gasteiger partial charge on any atom is -0.351 e. The van der Waals surface area contributed by atoms with Crippen molar-refractivity contribution in [3.8, 4) is 0 Å². The fraction of sp³-hybridized carbons (Fsp3) is 0.562. The second-order valence-electron chi connectivity index (χ2n) is 5.98. The zero-order valence-corrected chi connectivity index (χ0v) is 11.6. The second kappa shape index (κ2) is 4.97. The first-order chi connectivity index (χ1) is 9.22. The van der Waals surface area contributed by atoms with Crippen LogP contribution in [0.1, 0.15) is 54.1 Å². The van der Waals surface area contributed by atoms with Crippen LogP contribution in [0.3, 0.4) is 0 Å². The maximum Gasteiger partial charge on any atom is 0.251 e. The Morgan fingerprint density at radius 2 is 2.11 bits per heavy atom. The summed E-state index contributed by atoms with van der Waals surface area (Å²) >= 11 is 0. The van der Waals surface area contributed by atoms with Gasteiger partial charge in [-0.25, -0.2) is 0 Å². The van der Waals surface area contributed by atoms with E-state index < -0.39 is 0 Å². The monoisotopic (exact) mass is 258 g/mol. The summed E-state index contributed by atoms with van der Waals surface area (Å²) in [6.07, 6.45) is 5.01. The van der Waals surface area contributed by atoms with Crippen molar-refractivity contribution in [1.29, 1.82) is 0 Å². The van der Waals surface area contributed by atoms with Gasteiger partial charge in [0.25, 0.3) is 5.91 Å². The van der Waals surface area contributed by atoms with E-state index in [2.05, 4.69) is 23.6 Å². The Bertz CT molecular complexity index is 486. The molecular weight excluding hydrogens is 236 g/mol. The molecule has 1 saturated carbocycles. The lowest BCUT2D eigenvalue weighted by atomic mass is 9.67. The maximum atomic E-state index is 12.2. The highest BCUT2D eigenvalue weighted by atomic mass is 16.1. The zero-order valence-electron chi connectivity index (χ0n) is 11.6. The van der Waals surface area contributed by atoms with Gasteiger partial charge in [-0.2, -0.15) is 0 Å². The number of hydrogen-bond acceptors (Lipinski definition) is 2. The van der Waals surface area contributed by atoms with Crippen LogP contribution >= 0.6 is 0 Å². The van der Waals surface area contributed by atoms with Crippen molar-refractivity contribution in [2.24, 2.45) is 5.41 Å². The van der Waals surface area contributed by atoms with Crippen molar-refractivity contribution in [3.05, 3.63) is 34.9 Å². The van der Waals surface area contributed by atoms with Crippen LogP contribution in [-0.4, -0.2) is 12.5 Å². The van der Waals surface area contributed by atoms with Gasteiger partial charge in [0.05, 0.1) is 0 Å². The minimum atomic E-state index is 0.0782. The largest absolute Gasteiger partial charge is 0.351 e. The van der Waals surface area contributed by atoms with Crippen molar-refractivity contribution < 1.29 is 4.79 Å². The fourth-order valence-electron chi connectivity index (χ4n) is 3.14. The average molecular weight is 258 g/mol. The summed E-state index contributed by atoms with van der Waals surface area (Å²) < 4.78 is 0. The second-order valence-corrected chi connectivity index (χ2v) is 5.98. The van der Waals surface area contributed by atoms with Gasteiger partial charge < -0.3 is 10.6 Å². The van der Waals surface area contributed by atoms with Crippen LogP contribution in [0.5, 0.6) is 0 Å². The van der Waals surface area contributed by atoms with Crippen molar-refractivity contribution in [3.63, 3.8) is 0 Å². The molecule has 3 nitrogen and oxygen atoms in total. The molecule has 0 unspecified atom stereocenters. The lowest BCUT2D eigenvalue weighted by Gasteiger charge is -2.41. The van der Waals surface area contributed by atoms with Crippen LogP contribution in [-0.2, 0) is 13.1 Å². The molecule has 2 N–H and O–H groups in total. The normalized spacial score (nSPS) is 19.6. The van der Waals surface area contributed by atoms with Gasteiger partial charge in [-0.1, -0.05) is 19.4 Å². The molecule has 0 radical (unpaired) electrons. The predicted octanol–water partition coefficient (Wildman–Crippen LogP) is 2.60. The molecule has 0 aromatic heterocycles. The summed E-state index contributed by atoms with van der Waals surface area (Å²) in [4.78, 5) is 12.2. The van der Waals surface area contributed by atoms with Crippen LogP contribution in [0, 0.1) is 5.41 Å². The molecule has 1 aliphatic carbocycles. The zero-order chi connectivity index (χ0) is 13.3. The molecule has 19 heavy (non-hydrogen) atoms. The van der Waals surface area contributed by atoms with Crippen molar-refractivity contribution in [2.75, 3.05) is 6.54 Å². The fourth-order valence-corrected chi connectivity index (χ4v) is 3.14. The molecule has 102 valence electrons. The van der Waals surface area contributed by atoms with E-state index in [-0.39, 0.29) is 5.91 Å². The third-order valence-electron chi connectivity index (χ3n) is 4.89. The lowest BCUT2D eigenvalue weighted by molar-refractivity contribution is 0.0850. The van der Waals surface area contributed by atoms with Gasteiger partial charge in [-0.3, -0.25) is 4.79 Å². The molecule has 3 heteroatoms. The molecule has 0 bridgehead atoms. The van der Waals surface area contributed by atoms with E-state index in [4.69, 9.17) is 0 Å². The highest BCUT2D eigenvalue weighted by molar-refractivity contribution is 5.94. The quantitative estimate of drug-likeness (QED) is 0.871. The average Bonchev–Trinajstić information content (AvgIpc) is 2.84. The standard InChI is InChI=1S/C16H22N2O/c1-2-16(6-3-7-16)11-18-15(19)12-4-5-13-9-17-10-14(13)8-12/h4-5,8,17H,2-3,6-7,9-11H2,1H3,(H,18,19). The maximum absolute atomic E-state index is 12.2. The van der Waals surface area contributed by atoms with E-state index in [1.165, 1.54) is 36.8 Å². The van der Waals surface area contributed by atoms with Crippen LogP contribution in [0.15, 0.2) is 18.2 Å². The third kappa shape index (κ3) is 2.39. The Morgan fingerprint density at radius 3 is 2.79 bits per heavy atom. The summed E-state index contributed by atoms with van der Waals surface area (Å²) in [7, 11) is 0. The highest BCUT2D eigenvalue weighted by Gasteiger charge is 2.35. The van der Waals surface area contributed by atoms with Crippen LogP contribution in [0.25, 0.3) is 0 Å². The van der Waals surface area contributed by atoms with Gasteiger partial charge in [-0.05, 0) is 47.9 Å². The van der Waals surface area contributed by atoms with E-state index in [1.807, 2.05) is 12.1 Å². The van der Waals surface area contributed by atoms with Gasteiger partial charge >= 0.3 is 0 Å². The molecule has 1 amide bonds. The van der Waals surface area contributed by atoms with E-state index in [1.54, 1.807) is 0 Å². The molecule has 1 aromatic carbocycles. The Hall–Kier alpha value is -1.35. The third-order valence-corrected chi connectivity index (χ3v) is 4.89. The molecule has 1 aliphatic heterocycles. The van der Waals surface area contributed by atoms with Crippen molar-refractivity contribution >= 4 is 5.91 Å². The van der Waals surface area contributed by atoms with Crippen LogP contribution < -0.4 is 10.6 Å². The molecule has 3 rings (SSSR count). The Morgan fingerprint density at radius 1 is 1.32 bits per heavy atom. The van der Waals surface area contributed by atoms with Gasteiger partial charge in [0.1, 0.15) is 0 Å². The molecule has 2 aliphatic rings. The van der Waals surface area contributed by atoms with E-state index in [0.29, 0.717) is 5.41 Å². The molecule has 0 spiro atoms. The summed E-state index contributed by atoms with van der Waals surface area (Å²) in [5.74, 6) is 0.0782. The van der Waals surface area contributed by atoms with Crippen molar-refractivity contribution in [1.82, 2.24) is 10.6 Å². The topological polar surface area (TPSA) is 41.1 Å². The molecule has 1 heterocycles. The van der Waals surface area contributed by atoms with Gasteiger partial charge in [0.2, 0.25) is 0 Å². The van der Waals surface area contributed by atoms with Gasteiger partial charge in [-0.15, -0.1) is 0 Å². The summed E-state index contributed by atoms with van der Waals surface area (Å²) in [5.41, 5.74) is 3.77. The number of rotatable bonds is 4. The first-order valence-electron chi connectivity index (χ1n) is 7.33. The smallest absolute Gasteiger partial charge is 0.251 e. The molecule has 1 fully saturated rings. The van der Waals surface area contributed by atoms with Gasteiger partial charge in [0.15, 0.2) is 0 Å². The highest BCUT2D eigenvalue weighted by Crippen LogP contribution is 2.43. The first kappa shape index (κ1) is 12.7. The minimum absolute atomic E-state index is 0.0782. The molecule has 1 aromatic rings. The lowest BCUT2D eigenvalue weighted by Crippen LogP contribution is -2.41.